The Hall–Kier alpha value is -0.670. The van der Waals surface area contributed by atoms with Crippen LogP contribution in [0.15, 0.2) is 23.1 Å². The fraction of sp³-hybridized carbons (Fsp3) is 0.600. The molecule has 0 saturated carbocycles. The summed E-state index contributed by atoms with van der Waals surface area (Å²) < 4.78 is 0. The van der Waals surface area contributed by atoms with Crippen LogP contribution < -0.4 is 10.6 Å². The molecule has 2 heterocycles. The molecule has 1 atom stereocenters. The molecule has 0 aliphatic carbocycles. The number of hydrogen-bond acceptors (Lipinski definition) is 3. The average Bonchev–Trinajstić information content (AvgIpc) is 2.46. The Labute approximate surface area is 114 Å². The molecule has 1 unspecified atom stereocenters. The largest absolute Gasteiger partial charge is 0.383 e. The van der Waals surface area contributed by atoms with Gasteiger partial charge in [-0.05, 0) is 49.9 Å². The van der Waals surface area contributed by atoms with Crippen molar-refractivity contribution in [3.63, 3.8) is 0 Å². The molecule has 2 aliphatic heterocycles. The van der Waals surface area contributed by atoms with Gasteiger partial charge in [-0.3, -0.25) is 0 Å². The Bertz CT molecular complexity index is 399. The van der Waals surface area contributed by atoms with Crippen LogP contribution in [0.1, 0.15) is 31.2 Å². The molecule has 98 valence electrons. The van der Waals surface area contributed by atoms with Crippen molar-refractivity contribution in [2.24, 2.45) is 0 Å². The number of fused-ring (bicyclic) bond motifs is 1. The highest BCUT2D eigenvalue weighted by Crippen LogP contribution is 2.32. The van der Waals surface area contributed by atoms with Gasteiger partial charge in [0.1, 0.15) is 0 Å². The summed E-state index contributed by atoms with van der Waals surface area (Å²) in [5, 5.41) is 7.10. The highest BCUT2D eigenvalue weighted by Gasteiger charge is 2.13. The zero-order valence-corrected chi connectivity index (χ0v) is 11.7. The molecule has 0 aromatic heterocycles. The van der Waals surface area contributed by atoms with Crippen molar-refractivity contribution in [1.82, 2.24) is 5.32 Å². The summed E-state index contributed by atoms with van der Waals surface area (Å²) >= 11 is 1.99. The van der Waals surface area contributed by atoms with Crippen LogP contribution in [0.25, 0.3) is 0 Å². The molecule has 2 nitrogen and oxygen atoms in total. The van der Waals surface area contributed by atoms with Gasteiger partial charge in [-0.15, -0.1) is 11.8 Å². The second-order valence-corrected chi connectivity index (χ2v) is 6.43. The lowest BCUT2D eigenvalue weighted by Gasteiger charge is -2.23. The zero-order valence-electron chi connectivity index (χ0n) is 10.9. The lowest BCUT2D eigenvalue weighted by atomic mass is 9.98. The normalized spacial score (nSPS) is 23.2. The molecule has 0 radical (unpaired) electrons. The molecular formula is C15H22N2S. The van der Waals surface area contributed by atoms with Crippen LogP contribution in [0, 0.1) is 0 Å². The Morgan fingerprint density at radius 3 is 3.11 bits per heavy atom. The van der Waals surface area contributed by atoms with E-state index in [2.05, 4.69) is 28.8 Å². The van der Waals surface area contributed by atoms with Crippen molar-refractivity contribution in [3.05, 3.63) is 23.8 Å². The molecule has 1 aromatic rings. The van der Waals surface area contributed by atoms with E-state index in [1.54, 1.807) is 0 Å². The number of piperidine rings is 1. The topological polar surface area (TPSA) is 24.1 Å². The molecular weight excluding hydrogens is 240 g/mol. The number of hydrogen-bond donors (Lipinski definition) is 2. The highest BCUT2D eigenvalue weighted by molar-refractivity contribution is 7.99. The van der Waals surface area contributed by atoms with Crippen LogP contribution in [0.4, 0.5) is 5.69 Å². The van der Waals surface area contributed by atoms with Crippen molar-refractivity contribution in [2.45, 2.75) is 43.0 Å². The summed E-state index contributed by atoms with van der Waals surface area (Å²) in [7, 11) is 0. The summed E-state index contributed by atoms with van der Waals surface area (Å²) in [5.41, 5.74) is 2.82. The van der Waals surface area contributed by atoms with Gasteiger partial charge in [0.25, 0.3) is 0 Å². The fourth-order valence-corrected chi connectivity index (χ4v) is 3.80. The van der Waals surface area contributed by atoms with E-state index in [9.17, 15) is 0 Å². The molecule has 2 aliphatic rings. The number of thioether (sulfide) groups is 1. The summed E-state index contributed by atoms with van der Waals surface area (Å²) in [5.74, 6) is 1.20. The Morgan fingerprint density at radius 1 is 1.22 bits per heavy atom. The predicted octanol–water partition coefficient (Wildman–Crippen LogP) is 3.28. The first-order valence-corrected chi connectivity index (χ1v) is 8.13. The maximum absolute atomic E-state index is 3.63. The maximum atomic E-state index is 3.63. The van der Waals surface area contributed by atoms with Crippen molar-refractivity contribution in [1.29, 1.82) is 0 Å². The highest BCUT2D eigenvalue weighted by atomic mass is 32.2. The third-order valence-corrected chi connectivity index (χ3v) is 4.97. The van der Waals surface area contributed by atoms with Crippen LogP contribution in [0.3, 0.4) is 0 Å². The van der Waals surface area contributed by atoms with Crippen molar-refractivity contribution in [3.8, 4) is 0 Å². The van der Waals surface area contributed by atoms with E-state index in [4.69, 9.17) is 0 Å². The maximum Gasteiger partial charge on any atom is 0.0478 e. The van der Waals surface area contributed by atoms with Gasteiger partial charge in [-0.25, -0.2) is 0 Å². The van der Waals surface area contributed by atoms with Gasteiger partial charge in [0.15, 0.2) is 0 Å². The van der Waals surface area contributed by atoms with E-state index in [1.807, 2.05) is 11.8 Å². The summed E-state index contributed by atoms with van der Waals surface area (Å²) in [6, 6.07) is 7.68. The number of nitrogens with one attached hydrogen (secondary N) is 2. The van der Waals surface area contributed by atoms with Gasteiger partial charge in [0, 0.05) is 28.9 Å². The first kappa shape index (κ1) is 12.4. The molecule has 0 spiro atoms. The van der Waals surface area contributed by atoms with E-state index < -0.39 is 0 Å². The molecule has 2 N–H and O–H groups in total. The van der Waals surface area contributed by atoms with E-state index in [0.29, 0.717) is 0 Å². The van der Waals surface area contributed by atoms with Crippen molar-refractivity contribution >= 4 is 17.4 Å². The first-order chi connectivity index (χ1) is 8.92. The summed E-state index contributed by atoms with van der Waals surface area (Å²) in [6.45, 7) is 2.32. The Balaban J connectivity index is 1.58. The van der Waals surface area contributed by atoms with Gasteiger partial charge < -0.3 is 10.6 Å². The van der Waals surface area contributed by atoms with Crippen LogP contribution in [-0.2, 0) is 6.42 Å². The van der Waals surface area contributed by atoms with Crippen LogP contribution in [-0.4, -0.2) is 24.9 Å². The minimum atomic E-state index is 0.751. The minimum absolute atomic E-state index is 0.751. The van der Waals surface area contributed by atoms with Gasteiger partial charge in [0.05, 0.1) is 0 Å². The van der Waals surface area contributed by atoms with Crippen molar-refractivity contribution < 1.29 is 0 Å². The smallest absolute Gasteiger partial charge is 0.0478 e. The number of aryl methyl sites for hydroxylation is 1. The summed E-state index contributed by atoms with van der Waals surface area (Å²) in [4.78, 5) is 1.44. The molecule has 18 heavy (non-hydrogen) atoms. The van der Waals surface area contributed by atoms with Crippen molar-refractivity contribution in [2.75, 3.05) is 24.2 Å². The Kier molecular flexibility index (Phi) is 4.11. The van der Waals surface area contributed by atoms with Gasteiger partial charge >= 0.3 is 0 Å². The van der Waals surface area contributed by atoms with Gasteiger partial charge in [-0.2, -0.15) is 0 Å². The second-order valence-electron chi connectivity index (χ2n) is 5.29. The van der Waals surface area contributed by atoms with Gasteiger partial charge in [0.2, 0.25) is 0 Å². The third kappa shape index (κ3) is 3.01. The first-order valence-electron chi connectivity index (χ1n) is 7.15. The number of benzene rings is 1. The molecule has 3 heteroatoms. The van der Waals surface area contributed by atoms with E-state index >= 15 is 0 Å². The molecule has 3 rings (SSSR count). The summed E-state index contributed by atoms with van der Waals surface area (Å²) in [6.07, 6.45) is 6.63. The molecule has 1 saturated heterocycles. The van der Waals surface area contributed by atoms with E-state index in [1.165, 1.54) is 60.5 Å². The lowest BCUT2D eigenvalue weighted by molar-refractivity contribution is 0.383. The van der Waals surface area contributed by atoms with Crippen LogP contribution in [0.5, 0.6) is 0 Å². The quantitative estimate of drug-likeness (QED) is 0.874. The monoisotopic (exact) mass is 262 g/mol. The van der Waals surface area contributed by atoms with Gasteiger partial charge in [-0.1, -0.05) is 12.5 Å². The predicted molar refractivity (Wildman–Crippen MR) is 79.6 cm³/mol. The van der Waals surface area contributed by atoms with E-state index in [0.717, 1.165) is 12.6 Å². The molecule has 0 bridgehead atoms. The minimum Gasteiger partial charge on any atom is -0.383 e. The number of rotatable bonds is 3. The lowest BCUT2D eigenvalue weighted by Crippen LogP contribution is -2.34. The number of anilines is 1. The molecule has 1 aromatic carbocycles. The standard InChI is InChI=1S/C15H22N2S/c1-2-8-16-13(3-1)6-4-12-5-7-14-15(11-12)18-10-9-17-14/h5,7,11,13,16-17H,1-4,6,8-10H2. The average molecular weight is 262 g/mol. The third-order valence-electron chi connectivity index (χ3n) is 3.91. The second kappa shape index (κ2) is 5.98. The molecule has 1 fully saturated rings. The SMILES string of the molecule is c1cc2c(cc1CCC1CCCCN1)SCCN2. The van der Waals surface area contributed by atoms with Crippen LogP contribution in [0.2, 0.25) is 0 Å². The zero-order chi connectivity index (χ0) is 12.2. The fourth-order valence-electron chi connectivity index (χ4n) is 2.85. The Morgan fingerprint density at radius 2 is 2.22 bits per heavy atom. The van der Waals surface area contributed by atoms with Crippen LogP contribution >= 0.6 is 11.8 Å². The van der Waals surface area contributed by atoms with E-state index in [-0.39, 0.29) is 0 Å². The molecule has 0 amide bonds.